The van der Waals surface area contributed by atoms with Gasteiger partial charge < -0.3 is 9.47 Å². The Morgan fingerprint density at radius 2 is 1.87 bits per heavy atom. The minimum Gasteiger partial charge on any atom is -0.493 e. The highest BCUT2D eigenvalue weighted by atomic mass is 19.4. The van der Waals surface area contributed by atoms with Crippen molar-refractivity contribution in [2.45, 2.75) is 50.9 Å². The number of hydrogen-bond donors (Lipinski definition) is 0. The van der Waals surface area contributed by atoms with E-state index in [-0.39, 0.29) is 6.10 Å². The molecule has 2 aliphatic carbocycles. The number of piperidine rings is 1. The van der Waals surface area contributed by atoms with Crippen molar-refractivity contribution in [3.63, 3.8) is 0 Å². The Kier molecular flexibility index (Phi) is 4.33. The average molecular weight is 429 g/mol. The zero-order valence-electron chi connectivity index (χ0n) is 17.5. The summed E-state index contributed by atoms with van der Waals surface area (Å²) >= 11 is 0. The summed E-state index contributed by atoms with van der Waals surface area (Å²) in [6.45, 7) is 5.05. The zero-order chi connectivity index (χ0) is 21.3. The first-order chi connectivity index (χ1) is 14.9. The van der Waals surface area contributed by atoms with E-state index in [2.05, 4.69) is 11.8 Å². The van der Waals surface area contributed by atoms with Gasteiger partial charge in [0.25, 0.3) is 0 Å². The number of alkyl halides is 3. The maximum atomic E-state index is 13.8. The summed E-state index contributed by atoms with van der Waals surface area (Å²) in [5.41, 5.74) is 2.91. The molecule has 0 spiro atoms. The number of ether oxygens (including phenoxy) is 2. The molecule has 2 aromatic carbocycles. The second-order valence-electron chi connectivity index (χ2n) is 9.66. The summed E-state index contributed by atoms with van der Waals surface area (Å²) < 4.78 is 53.4. The molecular formula is C25H26F3NO2. The molecule has 1 saturated carbocycles. The van der Waals surface area contributed by atoms with Crippen LogP contribution in [0.4, 0.5) is 13.2 Å². The molecule has 6 heteroatoms. The average Bonchev–Trinajstić information content (AvgIpc) is 3.05. The molecule has 4 aliphatic rings. The van der Waals surface area contributed by atoms with Gasteiger partial charge in [-0.15, -0.1) is 0 Å². The zero-order valence-corrected chi connectivity index (χ0v) is 17.5. The predicted molar refractivity (Wildman–Crippen MR) is 110 cm³/mol. The van der Waals surface area contributed by atoms with Crippen molar-refractivity contribution in [2.75, 3.05) is 19.7 Å². The van der Waals surface area contributed by atoms with Gasteiger partial charge in [-0.3, -0.25) is 4.90 Å². The lowest BCUT2D eigenvalue weighted by Crippen LogP contribution is -2.25. The third kappa shape index (κ3) is 3.39. The first kappa shape index (κ1) is 19.5. The molecule has 2 aromatic rings. The van der Waals surface area contributed by atoms with E-state index in [0.29, 0.717) is 55.1 Å². The van der Waals surface area contributed by atoms with E-state index in [4.69, 9.17) is 9.47 Å². The summed E-state index contributed by atoms with van der Waals surface area (Å²) in [7, 11) is 0. The monoisotopic (exact) mass is 429 g/mol. The lowest BCUT2D eigenvalue weighted by atomic mass is 9.96. The van der Waals surface area contributed by atoms with Gasteiger partial charge >= 0.3 is 6.18 Å². The summed E-state index contributed by atoms with van der Waals surface area (Å²) in [5.74, 6) is 3.34. The molecule has 6 rings (SSSR count). The number of likely N-dealkylation sites (tertiary alicyclic amines) is 1. The Labute approximate surface area is 180 Å². The molecule has 3 nitrogen and oxygen atoms in total. The Hall–Kier alpha value is -2.21. The van der Waals surface area contributed by atoms with Crippen LogP contribution in [-0.4, -0.2) is 24.6 Å². The standard InChI is InChI=1S/C25H26F3NO2/c1-14-13-30-24-9-17(2-3-18(14)24)31-23-7-5-19-20(23)4-6-22(25(26,27)28)21(19)12-29-10-15-8-16(15)11-29/h2-4,6,9,14-16,23H,5,7-8,10-13H2,1H3/t14?,15?,16?,23-/m1/s1. The molecule has 0 radical (unpaired) electrons. The second-order valence-corrected chi connectivity index (χ2v) is 9.66. The molecule has 2 aliphatic heterocycles. The predicted octanol–water partition coefficient (Wildman–Crippen LogP) is 5.72. The van der Waals surface area contributed by atoms with Crippen molar-refractivity contribution >= 4 is 0 Å². The minimum atomic E-state index is -4.33. The minimum absolute atomic E-state index is 0.222. The van der Waals surface area contributed by atoms with E-state index in [1.165, 1.54) is 18.1 Å². The second kappa shape index (κ2) is 6.89. The van der Waals surface area contributed by atoms with E-state index in [1.54, 1.807) is 6.07 Å². The topological polar surface area (TPSA) is 21.7 Å². The molecule has 2 fully saturated rings. The van der Waals surface area contributed by atoms with Gasteiger partial charge in [0.05, 0.1) is 12.2 Å². The molecule has 164 valence electrons. The highest BCUT2D eigenvalue weighted by Gasteiger charge is 2.46. The molecule has 0 bridgehead atoms. The molecule has 1 saturated heterocycles. The fourth-order valence-electron chi connectivity index (χ4n) is 5.74. The molecule has 3 unspecified atom stereocenters. The summed E-state index contributed by atoms with van der Waals surface area (Å²) in [6, 6.07) is 8.80. The van der Waals surface area contributed by atoms with E-state index in [1.807, 2.05) is 18.2 Å². The maximum Gasteiger partial charge on any atom is 0.416 e. The van der Waals surface area contributed by atoms with Gasteiger partial charge in [0.1, 0.15) is 17.6 Å². The molecule has 2 heterocycles. The highest BCUT2D eigenvalue weighted by molar-refractivity contribution is 5.48. The summed E-state index contributed by atoms with van der Waals surface area (Å²) in [4.78, 5) is 2.21. The van der Waals surface area contributed by atoms with Gasteiger partial charge in [-0.2, -0.15) is 13.2 Å². The fourth-order valence-corrected chi connectivity index (χ4v) is 5.74. The summed E-state index contributed by atoms with van der Waals surface area (Å²) in [6.07, 6.45) is -1.99. The van der Waals surface area contributed by atoms with Crippen molar-refractivity contribution in [3.05, 3.63) is 58.1 Å². The van der Waals surface area contributed by atoms with Crippen LogP contribution in [0.3, 0.4) is 0 Å². The van der Waals surface area contributed by atoms with Crippen molar-refractivity contribution < 1.29 is 22.6 Å². The van der Waals surface area contributed by atoms with Crippen molar-refractivity contribution in [1.29, 1.82) is 0 Å². The number of fused-ring (bicyclic) bond motifs is 3. The van der Waals surface area contributed by atoms with Gasteiger partial charge in [0, 0.05) is 37.2 Å². The fraction of sp³-hybridized carbons (Fsp3) is 0.520. The van der Waals surface area contributed by atoms with Crippen molar-refractivity contribution in [1.82, 2.24) is 4.90 Å². The van der Waals surface area contributed by atoms with Crippen LogP contribution in [0.2, 0.25) is 0 Å². The van der Waals surface area contributed by atoms with Crippen molar-refractivity contribution in [2.24, 2.45) is 11.8 Å². The lowest BCUT2D eigenvalue weighted by Gasteiger charge is -2.24. The van der Waals surface area contributed by atoms with Crippen molar-refractivity contribution in [3.8, 4) is 11.5 Å². The van der Waals surface area contributed by atoms with Gasteiger partial charge in [-0.05, 0) is 59.9 Å². The first-order valence-corrected chi connectivity index (χ1v) is 11.2. The number of benzene rings is 2. The maximum absolute atomic E-state index is 13.8. The van der Waals surface area contributed by atoms with E-state index in [9.17, 15) is 13.2 Å². The molecular weight excluding hydrogens is 403 g/mol. The Bertz CT molecular complexity index is 1020. The molecule has 0 N–H and O–H groups in total. The van der Waals surface area contributed by atoms with Crippen LogP contribution in [0.15, 0.2) is 30.3 Å². The Morgan fingerprint density at radius 3 is 2.65 bits per heavy atom. The van der Waals surface area contributed by atoms with Crippen LogP contribution in [-0.2, 0) is 19.1 Å². The van der Waals surface area contributed by atoms with Gasteiger partial charge in [0.2, 0.25) is 0 Å². The normalized spacial score (nSPS) is 28.8. The van der Waals surface area contributed by atoms with Gasteiger partial charge in [-0.1, -0.05) is 19.1 Å². The van der Waals surface area contributed by atoms with E-state index >= 15 is 0 Å². The smallest absolute Gasteiger partial charge is 0.416 e. The van der Waals surface area contributed by atoms with Crippen LogP contribution in [0.1, 0.15) is 59.6 Å². The first-order valence-electron chi connectivity index (χ1n) is 11.2. The Balaban J connectivity index is 1.29. The number of rotatable bonds is 4. The van der Waals surface area contributed by atoms with Crippen LogP contribution in [0.5, 0.6) is 11.5 Å². The molecule has 0 amide bonds. The largest absolute Gasteiger partial charge is 0.493 e. The third-order valence-electron chi connectivity index (χ3n) is 7.50. The molecule has 31 heavy (non-hydrogen) atoms. The molecule has 0 aromatic heterocycles. The van der Waals surface area contributed by atoms with Crippen LogP contribution < -0.4 is 9.47 Å². The number of halogens is 3. The third-order valence-corrected chi connectivity index (χ3v) is 7.50. The SMILES string of the molecule is CC1COc2cc(O[C@@H]3CCc4c3ccc(C(F)(F)F)c4CN3CC4CC4C3)ccc21. The van der Waals surface area contributed by atoms with Crippen LogP contribution in [0.25, 0.3) is 0 Å². The number of nitrogens with zero attached hydrogens (tertiary/aromatic N) is 1. The summed E-state index contributed by atoms with van der Waals surface area (Å²) in [5, 5.41) is 0. The number of hydrogen-bond acceptors (Lipinski definition) is 3. The van der Waals surface area contributed by atoms with Gasteiger partial charge in [-0.25, -0.2) is 0 Å². The molecule has 4 atom stereocenters. The van der Waals surface area contributed by atoms with Crippen LogP contribution >= 0.6 is 0 Å². The van der Waals surface area contributed by atoms with E-state index < -0.39 is 11.7 Å². The lowest BCUT2D eigenvalue weighted by molar-refractivity contribution is -0.138. The van der Waals surface area contributed by atoms with E-state index in [0.717, 1.165) is 30.0 Å². The quantitative estimate of drug-likeness (QED) is 0.621. The van der Waals surface area contributed by atoms with Gasteiger partial charge in [0.15, 0.2) is 0 Å². The highest BCUT2D eigenvalue weighted by Crippen LogP contribution is 2.47. The van der Waals surface area contributed by atoms with Crippen LogP contribution in [0, 0.1) is 11.8 Å². The Morgan fingerprint density at radius 1 is 1.10 bits per heavy atom.